The molecule has 1 atom stereocenters. The fraction of sp³-hybridized carbons (Fsp3) is 0.471. The number of benzene rings is 1. The molecule has 4 rings (SSSR count). The lowest BCUT2D eigenvalue weighted by molar-refractivity contribution is -0.164. The van der Waals surface area contributed by atoms with Gasteiger partial charge in [-0.3, -0.25) is 9.20 Å². The predicted molar refractivity (Wildman–Crippen MR) is 99.0 cm³/mol. The standard InChI is InChI=1S/C17H17F3N4OS2/c1-10(11-6-7-11)23(9-17(18,19)20)14(25)8-26-15-21-22-16-24(15)12-4-2-3-5-13(12)27-16/h2-5,10-11H,6-9H2,1H3. The van der Waals surface area contributed by atoms with Crippen LogP contribution in [-0.2, 0) is 4.79 Å². The zero-order valence-corrected chi connectivity index (χ0v) is 16.1. The lowest BCUT2D eigenvalue weighted by Crippen LogP contribution is -2.46. The van der Waals surface area contributed by atoms with Crippen molar-refractivity contribution >= 4 is 44.2 Å². The van der Waals surface area contributed by atoms with E-state index in [2.05, 4.69) is 10.2 Å². The molecule has 144 valence electrons. The van der Waals surface area contributed by atoms with Crippen LogP contribution in [0.1, 0.15) is 19.8 Å². The molecular formula is C17H17F3N4OS2. The first-order valence-electron chi connectivity index (χ1n) is 8.55. The summed E-state index contributed by atoms with van der Waals surface area (Å²) in [5, 5.41) is 8.73. The van der Waals surface area contributed by atoms with E-state index < -0.39 is 24.7 Å². The number of hydrogen-bond donors (Lipinski definition) is 0. The number of carbonyl (C=O) groups is 1. The molecular weight excluding hydrogens is 397 g/mol. The number of hydrogen-bond acceptors (Lipinski definition) is 5. The molecule has 1 aliphatic carbocycles. The lowest BCUT2D eigenvalue weighted by Gasteiger charge is -2.30. The molecule has 27 heavy (non-hydrogen) atoms. The number of rotatable bonds is 6. The fourth-order valence-corrected chi connectivity index (χ4v) is 5.00. The number of amides is 1. The van der Waals surface area contributed by atoms with Crippen molar-refractivity contribution in [1.82, 2.24) is 19.5 Å². The summed E-state index contributed by atoms with van der Waals surface area (Å²) >= 11 is 2.61. The van der Waals surface area contributed by atoms with Gasteiger partial charge in [0.1, 0.15) is 6.54 Å². The Morgan fingerprint density at radius 3 is 2.81 bits per heavy atom. The SMILES string of the molecule is CC(C1CC1)N(CC(F)(F)F)C(=O)CSc1nnc2sc3ccccc3n12. The van der Waals surface area contributed by atoms with Crippen LogP contribution in [0.5, 0.6) is 0 Å². The maximum Gasteiger partial charge on any atom is 0.406 e. The van der Waals surface area contributed by atoms with Crippen LogP contribution in [0.25, 0.3) is 15.2 Å². The van der Waals surface area contributed by atoms with Crippen LogP contribution >= 0.6 is 23.1 Å². The summed E-state index contributed by atoms with van der Waals surface area (Å²) in [7, 11) is 0. The first-order valence-corrected chi connectivity index (χ1v) is 10.4. The number of thiazole rings is 1. The minimum atomic E-state index is -4.41. The van der Waals surface area contributed by atoms with Crippen LogP contribution in [0, 0.1) is 5.92 Å². The van der Waals surface area contributed by atoms with Gasteiger partial charge >= 0.3 is 6.18 Å². The molecule has 1 fully saturated rings. The first-order chi connectivity index (χ1) is 12.8. The van der Waals surface area contributed by atoms with Crippen LogP contribution in [0.15, 0.2) is 29.4 Å². The van der Waals surface area contributed by atoms with Gasteiger partial charge in [-0.05, 0) is 37.8 Å². The number of thioether (sulfide) groups is 1. The summed E-state index contributed by atoms with van der Waals surface area (Å²) in [5.41, 5.74) is 0.927. The van der Waals surface area contributed by atoms with Crippen LogP contribution in [-0.4, -0.2) is 49.9 Å². The molecule has 1 amide bonds. The Bertz CT molecular complexity index is 980. The second-order valence-corrected chi connectivity index (χ2v) is 8.63. The number of carbonyl (C=O) groups excluding carboxylic acids is 1. The lowest BCUT2D eigenvalue weighted by atomic mass is 10.2. The minimum Gasteiger partial charge on any atom is -0.330 e. The highest BCUT2D eigenvalue weighted by Gasteiger charge is 2.40. The van der Waals surface area contributed by atoms with Gasteiger partial charge in [0, 0.05) is 6.04 Å². The molecule has 5 nitrogen and oxygen atoms in total. The van der Waals surface area contributed by atoms with E-state index in [-0.39, 0.29) is 11.7 Å². The zero-order valence-electron chi connectivity index (χ0n) is 14.4. The van der Waals surface area contributed by atoms with Gasteiger partial charge in [-0.25, -0.2) is 0 Å². The van der Waals surface area contributed by atoms with E-state index in [4.69, 9.17) is 0 Å². The van der Waals surface area contributed by atoms with Gasteiger partial charge in [0.15, 0.2) is 5.16 Å². The maximum atomic E-state index is 12.9. The van der Waals surface area contributed by atoms with Crippen LogP contribution in [0.3, 0.4) is 0 Å². The molecule has 2 heterocycles. The zero-order chi connectivity index (χ0) is 19.2. The smallest absolute Gasteiger partial charge is 0.330 e. The van der Waals surface area contributed by atoms with E-state index in [9.17, 15) is 18.0 Å². The first kappa shape index (κ1) is 18.5. The number of alkyl halides is 3. The van der Waals surface area contributed by atoms with Crippen LogP contribution < -0.4 is 0 Å². The Balaban J connectivity index is 1.52. The molecule has 1 saturated carbocycles. The van der Waals surface area contributed by atoms with Crippen molar-refractivity contribution in [3.05, 3.63) is 24.3 Å². The van der Waals surface area contributed by atoms with Gasteiger partial charge in [-0.1, -0.05) is 35.2 Å². The van der Waals surface area contributed by atoms with E-state index in [0.717, 1.165) is 39.7 Å². The van der Waals surface area contributed by atoms with E-state index in [1.807, 2.05) is 28.7 Å². The van der Waals surface area contributed by atoms with Gasteiger partial charge in [0.25, 0.3) is 0 Å². The maximum absolute atomic E-state index is 12.9. The van der Waals surface area contributed by atoms with Crippen molar-refractivity contribution in [3.8, 4) is 0 Å². The third kappa shape index (κ3) is 3.91. The van der Waals surface area contributed by atoms with Crippen molar-refractivity contribution < 1.29 is 18.0 Å². The molecule has 0 radical (unpaired) electrons. The monoisotopic (exact) mass is 414 g/mol. The Morgan fingerprint density at radius 1 is 1.37 bits per heavy atom. The van der Waals surface area contributed by atoms with Gasteiger partial charge in [0.05, 0.1) is 16.0 Å². The molecule has 0 saturated heterocycles. The highest BCUT2D eigenvalue weighted by molar-refractivity contribution is 7.99. The predicted octanol–water partition coefficient (Wildman–Crippen LogP) is 4.23. The highest BCUT2D eigenvalue weighted by Crippen LogP contribution is 2.37. The number of nitrogens with zero attached hydrogens (tertiary/aromatic N) is 4. The molecule has 0 bridgehead atoms. The number of halogens is 3. The summed E-state index contributed by atoms with van der Waals surface area (Å²) < 4.78 is 41.7. The molecule has 2 aromatic heterocycles. The highest BCUT2D eigenvalue weighted by atomic mass is 32.2. The van der Waals surface area contributed by atoms with Gasteiger partial charge in [-0.15, -0.1) is 10.2 Å². The summed E-state index contributed by atoms with van der Waals surface area (Å²) in [4.78, 5) is 14.2. The van der Waals surface area contributed by atoms with Crippen molar-refractivity contribution in [3.63, 3.8) is 0 Å². The minimum absolute atomic E-state index is 0.0991. The Hall–Kier alpha value is -1.81. The number of para-hydroxylation sites is 1. The summed E-state index contributed by atoms with van der Waals surface area (Å²) in [6.45, 7) is 0.494. The Kier molecular flexibility index (Phi) is 4.79. The molecule has 3 aromatic rings. The van der Waals surface area contributed by atoms with E-state index in [0.29, 0.717) is 10.1 Å². The normalized spacial score (nSPS) is 16.1. The Morgan fingerprint density at radius 2 is 2.11 bits per heavy atom. The topological polar surface area (TPSA) is 50.5 Å². The average Bonchev–Trinajstić information content (AvgIpc) is 3.29. The van der Waals surface area contributed by atoms with Crippen molar-refractivity contribution in [1.29, 1.82) is 0 Å². The largest absolute Gasteiger partial charge is 0.406 e. The molecule has 0 aliphatic heterocycles. The van der Waals surface area contributed by atoms with Gasteiger partial charge in [0.2, 0.25) is 10.9 Å². The van der Waals surface area contributed by atoms with E-state index >= 15 is 0 Å². The van der Waals surface area contributed by atoms with E-state index in [1.165, 1.54) is 11.3 Å². The van der Waals surface area contributed by atoms with Crippen molar-refractivity contribution in [2.24, 2.45) is 5.92 Å². The van der Waals surface area contributed by atoms with Crippen LogP contribution in [0.2, 0.25) is 0 Å². The molecule has 0 N–H and O–H groups in total. The van der Waals surface area contributed by atoms with Crippen molar-refractivity contribution in [2.75, 3.05) is 12.3 Å². The number of fused-ring (bicyclic) bond motifs is 3. The summed E-state index contributed by atoms with van der Waals surface area (Å²) in [5.74, 6) is -0.451. The molecule has 1 unspecified atom stereocenters. The third-order valence-electron chi connectivity index (χ3n) is 4.70. The molecule has 1 aromatic carbocycles. The second kappa shape index (κ2) is 6.97. The van der Waals surface area contributed by atoms with Gasteiger partial charge in [-0.2, -0.15) is 13.2 Å². The van der Waals surface area contributed by atoms with E-state index in [1.54, 1.807) is 6.92 Å². The molecule has 0 spiro atoms. The summed E-state index contributed by atoms with van der Waals surface area (Å²) in [6, 6.07) is 7.32. The summed E-state index contributed by atoms with van der Waals surface area (Å²) in [6.07, 6.45) is -2.65. The average molecular weight is 414 g/mol. The quantitative estimate of drug-likeness (QED) is 0.567. The third-order valence-corrected chi connectivity index (χ3v) is 6.63. The van der Waals surface area contributed by atoms with Crippen molar-refractivity contribution in [2.45, 2.75) is 37.1 Å². The molecule has 1 aliphatic rings. The molecule has 10 heteroatoms. The van der Waals surface area contributed by atoms with Gasteiger partial charge < -0.3 is 4.90 Å². The Labute approximate surface area is 161 Å². The van der Waals surface area contributed by atoms with Crippen LogP contribution in [0.4, 0.5) is 13.2 Å². The fourth-order valence-electron chi connectivity index (χ4n) is 3.14. The number of aromatic nitrogens is 3. The second-order valence-electron chi connectivity index (χ2n) is 6.67.